The molecule has 0 spiro atoms. The van der Waals surface area contributed by atoms with Crippen LogP contribution in [0.25, 0.3) is 0 Å². The molecule has 3 rings (SSSR count). The summed E-state index contributed by atoms with van der Waals surface area (Å²) in [5.74, 6) is -0.322. The Bertz CT molecular complexity index is 1210. The number of piperidine rings is 2. The molecule has 1 aliphatic carbocycles. The molecule has 0 unspecified atom stereocenters. The average molecular weight is 720 g/mol. The Hall–Kier alpha value is -3.19. The highest BCUT2D eigenvalue weighted by molar-refractivity contribution is 5.99. The van der Waals surface area contributed by atoms with Crippen molar-refractivity contribution in [1.82, 2.24) is 20.4 Å². The Kier molecular flexibility index (Phi) is 15.8. The fraction of sp³-hybridized carbons (Fsp3) is 0.816. The molecule has 0 aromatic rings. The molecule has 2 N–H and O–H groups in total. The largest absolute Gasteiger partial charge is 0.460 e. The van der Waals surface area contributed by atoms with Crippen molar-refractivity contribution >= 4 is 30.0 Å². The smallest absolute Gasteiger partial charge is 0.437 e. The Labute approximate surface area is 305 Å². The Morgan fingerprint density at radius 2 is 1.39 bits per heavy atom. The molecule has 290 valence electrons. The van der Waals surface area contributed by atoms with Crippen LogP contribution in [0.4, 0.5) is 9.59 Å². The van der Waals surface area contributed by atoms with Gasteiger partial charge < -0.3 is 34.1 Å². The zero-order chi connectivity index (χ0) is 37.8. The lowest BCUT2D eigenvalue weighted by molar-refractivity contribution is -0.158. The number of carbonyl (C=O) groups excluding carboxylic acids is 4. The van der Waals surface area contributed by atoms with Gasteiger partial charge in [-0.3, -0.25) is 14.9 Å². The van der Waals surface area contributed by atoms with Crippen LogP contribution in [0.2, 0.25) is 0 Å². The summed E-state index contributed by atoms with van der Waals surface area (Å²) in [6.45, 7) is 18.2. The van der Waals surface area contributed by atoms with Gasteiger partial charge in [0, 0.05) is 38.3 Å². The summed E-state index contributed by atoms with van der Waals surface area (Å²) in [6.07, 6.45) is 11.5. The number of carbonyl (C=O) groups is 4. The lowest BCUT2D eigenvalue weighted by Crippen LogP contribution is -2.55. The number of hydrogen-bond donors (Lipinski definition) is 2. The number of hydrogen-bond acceptors (Lipinski definition) is 9. The molecular weight excluding hydrogens is 654 g/mol. The standard InChI is InChI=1S/C38H65N5O8/c1-36(2,3)49-31(44)26-30(39-27-16-12-10-11-13-17-27)32(45)43-22-15-14-18-28(43)21-25-48-29-19-23-42(24-20-29)33(40-34(46)50-37(4,5)6)41-35(47)51-38(7,8)9/h10-11,27-30,39H,12-26H2,1-9H3,(H,40,41,46,47)/t28-,30-/m0/s1. The molecule has 2 fully saturated rings. The predicted octanol–water partition coefficient (Wildman–Crippen LogP) is 6.24. The lowest BCUT2D eigenvalue weighted by atomic mass is 9.97. The number of allylic oxidation sites excluding steroid dienone is 2. The second-order valence-corrected chi connectivity index (χ2v) is 16.9. The molecule has 51 heavy (non-hydrogen) atoms. The number of likely N-dealkylation sites (tertiary alicyclic amines) is 2. The number of ether oxygens (including phenoxy) is 4. The van der Waals surface area contributed by atoms with Crippen molar-refractivity contribution in [1.29, 1.82) is 0 Å². The number of amides is 3. The zero-order valence-corrected chi connectivity index (χ0v) is 32.7. The van der Waals surface area contributed by atoms with Crippen LogP contribution in [0.5, 0.6) is 0 Å². The van der Waals surface area contributed by atoms with Gasteiger partial charge in [-0.25, -0.2) is 9.59 Å². The van der Waals surface area contributed by atoms with Crippen molar-refractivity contribution in [2.45, 2.75) is 174 Å². The summed E-state index contributed by atoms with van der Waals surface area (Å²) in [7, 11) is 0. The molecule has 3 amide bonds. The van der Waals surface area contributed by atoms with Gasteiger partial charge in [0.25, 0.3) is 0 Å². The minimum atomic E-state index is -0.798. The van der Waals surface area contributed by atoms with Gasteiger partial charge >= 0.3 is 18.2 Å². The third-order valence-corrected chi connectivity index (χ3v) is 8.72. The molecule has 2 aliphatic heterocycles. The number of nitrogens with one attached hydrogen (secondary N) is 2. The van der Waals surface area contributed by atoms with Crippen LogP contribution in [0, 0.1) is 0 Å². The van der Waals surface area contributed by atoms with Gasteiger partial charge in [0.2, 0.25) is 11.9 Å². The van der Waals surface area contributed by atoms with Crippen LogP contribution in [-0.2, 0) is 28.5 Å². The van der Waals surface area contributed by atoms with Crippen LogP contribution < -0.4 is 10.6 Å². The van der Waals surface area contributed by atoms with Crippen molar-refractivity contribution in [2.24, 2.45) is 4.99 Å². The quantitative estimate of drug-likeness (QED) is 0.0922. The summed E-state index contributed by atoms with van der Waals surface area (Å²) in [5.41, 5.74) is -2.08. The molecule has 3 aliphatic rings. The van der Waals surface area contributed by atoms with Gasteiger partial charge in [0.05, 0.1) is 18.6 Å². The topological polar surface area (TPSA) is 148 Å². The summed E-state index contributed by atoms with van der Waals surface area (Å²) >= 11 is 0. The fourth-order valence-electron chi connectivity index (χ4n) is 6.53. The van der Waals surface area contributed by atoms with E-state index in [0.29, 0.717) is 45.5 Å². The van der Waals surface area contributed by atoms with E-state index in [9.17, 15) is 19.2 Å². The van der Waals surface area contributed by atoms with E-state index in [-0.39, 0.29) is 42.4 Å². The molecule has 2 atom stereocenters. The first-order valence-corrected chi connectivity index (χ1v) is 18.9. The van der Waals surface area contributed by atoms with Gasteiger partial charge in [0.15, 0.2) is 0 Å². The van der Waals surface area contributed by atoms with Crippen molar-refractivity contribution in [3.05, 3.63) is 12.2 Å². The molecule has 0 radical (unpaired) electrons. The lowest BCUT2D eigenvalue weighted by Gasteiger charge is -2.39. The van der Waals surface area contributed by atoms with Gasteiger partial charge in [-0.15, -0.1) is 4.99 Å². The number of guanidine groups is 1. The Morgan fingerprint density at radius 1 is 0.784 bits per heavy atom. The molecule has 13 nitrogen and oxygen atoms in total. The molecule has 0 bridgehead atoms. The van der Waals surface area contributed by atoms with Gasteiger partial charge in [-0.1, -0.05) is 12.2 Å². The highest BCUT2D eigenvalue weighted by atomic mass is 16.6. The minimum absolute atomic E-state index is 0.000327. The van der Waals surface area contributed by atoms with Crippen LogP contribution in [0.3, 0.4) is 0 Å². The maximum absolute atomic E-state index is 14.2. The summed E-state index contributed by atoms with van der Waals surface area (Å²) in [4.78, 5) is 60.1. The molecule has 2 saturated heterocycles. The SMILES string of the molecule is CC(C)(C)OC(=O)C[C@H](NC1CCC=CCC1)C(=O)N1CCCC[C@H]1CCOC1CCN(/C(=N/C(=O)OC(C)(C)C)NC(=O)OC(C)(C)C)CC1. The van der Waals surface area contributed by atoms with E-state index in [1.54, 1.807) is 41.5 Å². The van der Waals surface area contributed by atoms with Crippen LogP contribution >= 0.6 is 0 Å². The number of alkyl carbamates (subject to hydrolysis) is 1. The van der Waals surface area contributed by atoms with Gasteiger partial charge in [0.1, 0.15) is 16.8 Å². The summed E-state index contributed by atoms with van der Waals surface area (Å²) in [6, 6.07) is -0.460. The maximum atomic E-state index is 14.2. The number of rotatable bonds is 9. The third-order valence-electron chi connectivity index (χ3n) is 8.72. The number of esters is 1. The van der Waals surface area contributed by atoms with Crippen molar-refractivity contribution in [2.75, 3.05) is 26.2 Å². The van der Waals surface area contributed by atoms with E-state index in [4.69, 9.17) is 18.9 Å². The maximum Gasteiger partial charge on any atom is 0.437 e. The second kappa shape index (κ2) is 19.0. The monoisotopic (exact) mass is 719 g/mol. The molecule has 13 heteroatoms. The summed E-state index contributed by atoms with van der Waals surface area (Å²) in [5, 5.41) is 6.19. The van der Waals surface area contributed by atoms with E-state index < -0.39 is 35.0 Å². The molecule has 0 aromatic carbocycles. The molecule has 0 saturated carbocycles. The second-order valence-electron chi connectivity index (χ2n) is 16.9. The van der Waals surface area contributed by atoms with Crippen molar-refractivity contribution < 1.29 is 38.1 Å². The average Bonchev–Trinajstić information content (AvgIpc) is 3.26. The van der Waals surface area contributed by atoms with E-state index >= 15 is 0 Å². The first kappa shape index (κ1) is 42.2. The zero-order valence-electron chi connectivity index (χ0n) is 32.7. The fourth-order valence-corrected chi connectivity index (χ4v) is 6.53. The highest BCUT2D eigenvalue weighted by Crippen LogP contribution is 2.24. The van der Waals surface area contributed by atoms with Gasteiger partial charge in [-0.05, 0) is 127 Å². The minimum Gasteiger partial charge on any atom is -0.460 e. The number of aliphatic imine (C=N–C) groups is 1. The van der Waals surface area contributed by atoms with Crippen LogP contribution in [0.15, 0.2) is 17.1 Å². The Balaban J connectivity index is 1.59. The van der Waals surface area contributed by atoms with Gasteiger partial charge in [-0.2, -0.15) is 0 Å². The number of nitrogens with zero attached hydrogens (tertiary/aromatic N) is 3. The first-order valence-electron chi connectivity index (χ1n) is 18.9. The van der Waals surface area contributed by atoms with Crippen LogP contribution in [0.1, 0.15) is 133 Å². The van der Waals surface area contributed by atoms with Crippen molar-refractivity contribution in [3.8, 4) is 0 Å². The Morgan fingerprint density at radius 3 is 1.98 bits per heavy atom. The molecule has 2 heterocycles. The molecule has 0 aromatic heterocycles. The molecular formula is C38H65N5O8. The van der Waals surface area contributed by atoms with E-state index in [1.807, 2.05) is 30.6 Å². The first-order chi connectivity index (χ1) is 23.8. The predicted molar refractivity (Wildman–Crippen MR) is 196 cm³/mol. The van der Waals surface area contributed by atoms with E-state index in [2.05, 4.69) is 27.8 Å². The van der Waals surface area contributed by atoms with E-state index in [1.165, 1.54) is 0 Å². The van der Waals surface area contributed by atoms with Crippen molar-refractivity contribution in [3.63, 3.8) is 0 Å². The normalized spacial score (nSPS) is 20.7. The highest BCUT2D eigenvalue weighted by Gasteiger charge is 2.35. The summed E-state index contributed by atoms with van der Waals surface area (Å²) < 4.78 is 22.7. The van der Waals surface area contributed by atoms with Crippen LogP contribution in [-0.4, -0.2) is 107 Å². The third kappa shape index (κ3) is 16.4. The van der Waals surface area contributed by atoms with E-state index in [0.717, 1.165) is 44.9 Å².